The molecule has 0 unspecified atom stereocenters. The number of halogens is 1. The van der Waals surface area contributed by atoms with Gasteiger partial charge >= 0.3 is 0 Å². The fraction of sp³-hybridized carbons (Fsp3) is 0.118. The van der Waals surface area contributed by atoms with Gasteiger partial charge in [0.25, 0.3) is 0 Å². The second-order valence-electron chi connectivity index (χ2n) is 5.01. The molecule has 0 spiro atoms. The van der Waals surface area contributed by atoms with E-state index in [1.54, 1.807) is 7.11 Å². The molecule has 6 nitrogen and oxygen atoms in total. The quantitative estimate of drug-likeness (QED) is 0.427. The highest BCUT2D eigenvalue weighted by atomic mass is 127. The van der Waals surface area contributed by atoms with Gasteiger partial charge in [-0.3, -0.25) is 9.89 Å². The van der Waals surface area contributed by atoms with Crippen molar-refractivity contribution in [1.29, 1.82) is 0 Å². The lowest BCUT2D eigenvalue weighted by Crippen LogP contribution is -2.14. The summed E-state index contributed by atoms with van der Waals surface area (Å²) in [6.07, 6.45) is 0. The Morgan fingerprint density at radius 1 is 1.24 bits per heavy atom. The van der Waals surface area contributed by atoms with E-state index in [0.717, 1.165) is 14.8 Å². The number of methoxy groups -OCH3 is 1. The molecule has 3 rings (SSSR count). The number of H-pyrrole nitrogens is 1. The molecule has 0 saturated heterocycles. The zero-order valence-electron chi connectivity index (χ0n) is 13.3. The van der Waals surface area contributed by atoms with Crippen molar-refractivity contribution in [3.8, 4) is 17.1 Å². The number of hydrogen-bond donors (Lipinski definition) is 2. The third kappa shape index (κ3) is 4.73. The van der Waals surface area contributed by atoms with Crippen molar-refractivity contribution >= 4 is 45.9 Å². The molecule has 2 N–H and O–H groups in total. The molecular formula is C17H15IN4O2S. The minimum Gasteiger partial charge on any atom is -0.496 e. The maximum atomic E-state index is 12.0. The fourth-order valence-electron chi connectivity index (χ4n) is 2.13. The Hall–Kier alpha value is -2.07. The van der Waals surface area contributed by atoms with Crippen LogP contribution in [0.1, 0.15) is 0 Å². The number of amides is 1. The van der Waals surface area contributed by atoms with Crippen molar-refractivity contribution in [3.63, 3.8) is 0 Å². The van der Waals surface area contributed by atoms with Crippen LogP contribution in [0.15, 0.2) is 53.7 Å². The lowest BCUT2D eigenvalue weighted by Gasteiger charge is -2.04. The molecule has 2 aromatic carbocycles. The van der Waals surface area contributed by atoms with Gasteiger partial charge in [0.05, 0.1) is 18.4 Å². The molecule has 0 aliphatic rings. The Morgan fingerprint density at radius 3 is 2.76 bits per heavy atom. The number of carbonyl (C=O) groups excluding carboxylic acids is 1. The topological polar surface area (TPSA) is 79.9 Å². The van der Waals surface area contributed by atoms with Crippen LogP contribution in [0.5, 0.6) is 5.75 Å². The minimum atomic E-state index is -0.102. The van der Waals surface area contributed by atoms with Gasteiger partial charge in [-0.15, -0.1) is 5.10 Å². The van der Waals surface area contributed by atoms with Crippen molar-refractivity contribution in [2.45, 2.75) is 5.16 Å². The summed E-state index contributed by atoms with van der Waals surface area (Å²) in [4.78, 5) is 16.4. The van der Waals surface area contributed by atoms with Gasteiger partial charge in [-0.05, 0) is 59.0 Å². The Labute approximate surface area is 162 Å². The van der Waals surface area contributed by atoms with E-state index >= 15 is 0 Å². The highest BCUT2D eigenvalue weighted by molar-refractivity contribution is 14.1. The molecule has 1 heterocycles. The molecular weight excluding hydrogens is 451 g/mol. The molecule has 25 heavy (non-hydrogen) atoms. The predicted molar refractivity (Wildman–Crippen MR) is 107 cm³/mol. The van der Waals surface area contributed by atoms with Crippen LogP contribution in [0.3, 0.4) is 0 Å². The van der Waals surface area contributed by atoms with Gasteiger partial charge in [-0.1, -0.05) is 23.9 Å². The maximum absolute atomic E-state index is 12.0. The zero-order valence-corrected chi connectivity index (χ0v) is 16.3. The van der Waals surface area contributed by atoms with Crippen molar-refractivity contribution in [2.75, 3.05) is 18.2 Å². The highest BCUT2D eigenvalue weighted by Crippen LogP contribution is 2.27. The summed E-state index contributed by atoms with van der Waals surface area (Å²) in [5.41, 5.74) is 1.60. The summed E-state index contributed by atoms with van der Waals surface area (Å²) in [5.74, 6) is 1.45. The molecule has 0 fully saturated rings. The van der Waals surface area contributed by atoms with Crippen LogP contribution in [0.4, 0.5) is 5.69 Å². The molecule has 1 aromatic heterocycles. The van der Waals surface area contributed by atoms with Crippen LogP contribution in [-0.4, -0.2) is 34.0 Å². The summed E-state index contributed by atoms with van der Waals surface area (Å²) in [5, 5.41) is 10.4. The van der Waals surface area contributed by atoms with E-state index in [-0.39, 0.29) is 11.7 Å². The fourth-order valence-corrected chi connectivity index (χ4v) is 3.09. The van der Waals surface area contributed by atoms with Gasteiger partial charge in [-0.2, -0.15) is 0 Å². The molecule has 0 aliphatic heterocycles. The average molecular weight is 466 g/mol. The maximum Gasteiger partial charge on any atom is 0.234 e. The van der Waals surface area contributed by atoms with Crippen molar-refractivity contribution < 1.29 is 9.53 Å². The van der Waals surface area contributed by atoms with E-state index in [4.69, 9.17) is 4.74 Å². The Bertz CT molecular complexity index is 867. The van der Waals surface area contributed by atoms with E-state index in [1.165, 1.54) is 11.8 Å². The van der Waals surface area contributed by atoms with Gasteiger partial charge in [0, 0.05) is 9.26 Å². The van der Waals surface area contributed by atoms with Crippen molar-refractivity contribution in [1.82, 2.24) is 15.2 Å². The Kier molecular flexibility index (Phi) is 5.92. The second-order valence-corrected chi connectivity index (χ2v) is 7.20. The first-order valence-electron chi connectivity index (χ1n) is 7.39. The van der Waals surface area contributed by atoms with Crippen LogP contribution in [0, 0.1) is 3.57 Å². The van der Waals surface area contributed by atoms with Crippen LogP contribution in [-0.2, 0) is 4.79 Å². The molecule has 0 aliphatic carbocycles. The number of rotatable bonds is 6. The summed E-state index contributed by atoms with van der Waals surface area (Å²) in [7, 11) is 1.61. The van der Waals surface area contributed by atoms with Gasteiger partial charge in [0.15, 0.2) is 5.82 Å². The molecule has 8 heteroatoms. The number of nitrogens with zero attached hydrogens (tertiary/aromatic N) is 2. The number of benzene rings is 2. The van der Waals surface area contributed by atoms with Crippen LogP contribution in [0.25, 0.3) is 11.4 Å². The highest BCUT2D eigenvalue weighted by Gasteiger charge is 2.12. The number of nitrogens with one attached hydrogen (secondary N) is 2. The monoisotopic (exact) mass is 466 g/mol. The summed E-state index contributed by atoms with van der Waals surface area (Å²) in [6, 6.07) is 15.2. The van der Waals surface area contributed by atoms with Crippen LogP contribution in [0.2, 0.25) is 0 Å². The Morgan fingerprint density at radius 2 is 2.00 bits per heavy atom. The summed E-state index contributed by atoms with van der Waals surface area (Å²) in [6.45, 7) is 0. The number of para-hydroxylation sites is 1. The van der Waals surface area contributed by atoms with E-state index in [0.29, 0.717) is 16.7 Å². The average Bonchev–Trinajstić information content (AvgIpc) is 3.11. The molecule has 128 valence electrons. The van der Waals surface area contributed by atoms with Gasteiger partial charge in [0.1, 0.15) is 5.75 Å². The first-order chi connectivity index (χ1) is 12.2. The Balaban J connectivity index is 1.60. The number of ether oxygens (including phenoxy) is 1. The predicted octanol–water partition coefficient (Wildman–Crippen LogP) is 3.82. The van der Waals surface area contributed by atoms with Crippen LogP contribution >= 0.6 is 34.4 Å². The SMILES string of the molecule is COc1ccccc1-c1nc(SCC(=O)Nc2ccc(I)cc2)n[nH]1. The second kappa shape index (κ2) is 8.34. The molecule has 0 bridgehead atoms. The normalized spacial score (nSPS) is 10.5. The van der Waals surface area contributed by atoms with Gasteiger partial charge in [0.2, 0.25) is 11.1 Å². The first kappa shape index (κ1) is 17.7. The minimum absolute atomic E-state index is 0.102. The molecule has 3 aromatic rings. The molecule has 0 radical (unpaired) electrons. The van der Waals surface area contributed by atoms with Gasteiger partial charge < -0.3 is 10.1 Å². The van der Waals surface area contributed by atoms with E-state index in [2.05, 4.69) is 43.1 Å². The number of aromatic amines is 1. The molecule has 1 amide bonds. The summed E-state index contributed by atoms with van der Waals surface area (Å²) < 4.78 is 6.44. The molecule has 0 atom stereocenters. The van der Waals surface area contributed by atoms with Crippen molar-refractivity contribution in [3.05, 3.63) is 52.1 Å². The van der Waals surface area contributed by atoms with E-state index < -0.39 is 0 Å². The van der Waals surface area contributed by atoms with Gasteiger partial charge in [-0.25, -0.2) is 4.98 Å². The van der Waals surface area contributed by atoms with Crippen LogP contribution < -0.4 is 10.1 Å². The smallest absolute Gasteiger partial charge is 0.234 e. The number of anilines is 1. The lowest BCUT2D eigenvalue weighted by molar-refractivity contribution is -0.113. The first-order valence-corrected chi connectivity index (χ1v) is 9.46. The molecule has 0 saturated carbocycles. The number of carbonyl (C=O) groups is 1. The lowest BCUT2D eigenvalue weighted by atomic mass is 10.2. The van der Waals surface area contributed by atoms with E-state index in [9.17, 15) is 4.79 Å². The standard InChI is InChI=1S/C17H15IN4O2S/c1-24-14-5-3-2-4-13(14)16-20-17(22-21-16)25-10-15(23)19-12-8-6-11(18)7-9-12/h2-9H,10H2,1H3,(H,19,23)(H,20,21,22). The summed E-state index contributed by atoms with van der Waals surface area (Å²) >= 11 is 3.49. The number of thioether (sulfide) groups is 1. The van der Waals surface area contributed by atoms with E-state index in [1.807, 2.05) is 48.5 Å². The van der Waals surface area contributed by atoms with Crippen molar-refractivity contribution in [2.24, 2.45) is 0 Å². The third-order valence-corrected chi connectivity index (χ3v) is 4.85. The third-order valence-electron chi connectivity index (χ3n) is 3.29. The number of aromatic nitrogens is 3. The largest absolute Gasteiger partial charge is 0.496 e. The number of hydrogen-bond acceptors (Lipinski definition) is 5. The zero-order chi connectivity index (χ0) is 17.6.